The molecule has 0 aromatic heterocycles. The van der Waals surface area contributed by atoms with Gasteiger partial charge in [-0.25, -0.2) is 4.79 Å². The van der Waals surface area contributed by atoms with Gasteiger partial charge in [0.05, 0.1) is 12.6 Å². The molecule has 0 aromatic rings. The second-order valence-corrected chi connectivity index (χ2v) is 7.33. The van der Waals surface area contributed by atoms with Crippen molar-refractivity contribution in [2.75, 3.05) is 12.4 Å². The predicted molar refractivity (Wildman–Crippen MR) is 107 cm³/mol. The lowest BCUT2D eigenvalue weighted by atomic mass is 9.96. The van der Waals surface area contributed by atoms with Gasteiger partial charge in [-0.05, 0) is 11.8 Å². The van der Waals surface area contributed by atoms with E-state index in [1.165, 1.54) is 0 Å². The first-order valence-electron chi connectivity index (χ1n) is 9.11. The quantitative estimate of drug-likeness (QED) is 0.188. The third-order valence-corrected chi connectivity index (χ3v) is 4.79. The largest absolute Gasteiger partial charge is 0.480 e. The van der Waals surface area contributed by atoms with Crippen LogP contribution in [-0.4, -0.2) is 70.4 Å². The van der Waals surface area contributed by atoms with Gasteiger partial charge in [0.25, 0.3) is 0 Å². The molecule has 0 heterocycles. The average molecular weight is 421 g/mol. The minimum atomic E-state index is -1.38. The fraction of sp³-hybridized carbons (Fsp3) is 0.765. The van der Waals surface area contributed by atoms with Gasteiger partial charge in [0.15, 0.2) is 0 Å². The van der Waals surface area contributed by atoms with Gasteiger partial charge in [-0.3, -0.25) is 14.4 Å². The van der Waals surface area contributed by atoms with E-state index in [-0.39, 0.29) is 17.6 Å². The molecule has 0 saturated carbocycles. The SMILES string of the molecule is CCC(C)C(NC(=O)C(N)C(C)C)C(=O)NC(CO)C(=O)NC(CS)C(=O)O. The van der Waals surface area contributed by atoms with Crippen LogP contribution in [0.3, 0.4) is 0 Å². The standard InChI is InChI=1S/C17H32N4O6S/c1-5-9(4)13(21-15(24)12(18)8(2)3)16(25)19-10(6-22)14(23)20-11(7-28)17(26)27/h8-13,22,28H,5-7,18H2,1-4H3,(H,19,25)(H,20,23)(H,21,24)(H,26,27). The van der Waals surface area contributed by atoms with Crippen LogP contribution in [0.2, 0.25) is 0 Å². The molecule has 0 radical (unpaired) electrons. The number of nitrogens with one attached hydrogen (secondary N) is 3. The molecule has 28 heavy (non-hydrogen) atoms. The first kappa shape index (κ1) is 26.1. The average Bonchev–Trinajstić information content (AvgIpc) is 2.65. The topological polar surface area (TPSA) is 171 Å². The second kappa shape index (κ2) is 12.6. The predicted octanol–water partition coefficient (Wildman–Crippen LogP) is -1.52. The van der Waals surface area contributed by atoms with Crippen molar-refractivity contribution in [1.82, 2.24) is 16.0 Å². The zero-order chi connectivity index (χ0) is 22.0. The molecule has 0 fully saturated rings. The molecule has 0 aliphatic rings. The summed E-state index contributed by atoms with van der Waals surface area (Å²) >= 11 is 3.84. The molecule has 0 aliphatic carbocycles. The lowest BCUT2D eigenvalue weighted by molar-refractivity contribution is -0.142. The Balaban J connectivity index is 5.23. The molecule has 3 amide bonds. The third-order valence-electron chi connectivity index (χ3n) is 4.43. The van der Waals surface area contributed by atoms with Crippen molar-refractivity contribution in [3.63, 3.8) is 0 Å². The van der Waals surface area contributed by atoms with E-state index in [4.69, 9.17) is 10.8 Å². The van der Waals surface area contributed by atoms with Crippen molar-refractivity contribution >= 4 is 36.3 Å². The first-order valence-corrected chi connectivity index (χ1v) is 9.74. The van der Waals surface area contributed by atoms with E-state index in [0.717, 1.165) is 0 Å². The van der Waals surface area contributed by atoms with Crippen LogP contribution in [0.25, 0.3) is 0 Å². The molecular weight excluding hydrogens is 388 g/mol. The number of carboxylic acid groups (broad SMARTS) is 1. The van der Waals surface area contributed by atoms with E-state index in [2.05, 4.69) is 28.6 Å². The molecule has 0 aromatic carbocycles. The van der Waals surface area contributed by atoms with E-state index >= 15 is 0 Å². The van der Waals surface area contributed by atoms with Crippen LogP contribution in [-0.2, 0) is 19.2 Å². The van der Waals surface area contributed by atoms with Crippen LogP contribution in [0.1, 0.15) is 34.1 Å². The van der Waals surface area contributed by atoms with Gasteiger partial charge in [-0.15, -0.1) is 0 Å². The monoisotopic (exact) mass is 420 g/mol. The molecule has 5 unspecified atom stereocenters. The molecule has 11 heteroatoms. The lowest BCUT2D eigenvalue weighted by Crippen LogP contribution is -2.60. The Labute approximate surface area is 170 Å². The van der Waals surface area contributed by atoms with E-state index < -0.39 is 54.5 Å². The maximum Gasteiger partial charge on any atom is 0.327 e. The van der Waals surface area contributed by atoms with Crippen LogP contribution >= 0.6 is 12.6 Å². The van der Waals surface area contributed by atoms with Crippen molar-refractivity contribution in [2.24, 2.45) is 17.6 Å². The van der Waals surface area contributed by atoms with Crippen LogP contribution in [0.15, 0.2) is 0 Å². The van der Waals surface area contributed by atoms with Gasteiger partial charge in [-0.1, -0.05) is 34.1 Å². The number of aliphatic hydroxyl groups excluding tert-OH is 1. The zero-order valence-electron chi connectivity index (χ0n) is 16.6. The van der Waals surface area contributed by atoms with Crippen LogP contribution in [0.5, 0.6) is 0 Å². The maximum absolute atomic E-state index is 12.6. The third kappa shape index (κ3) is 8.03. The summed E-state index contributed by atoms with van der Waals surface area (Å²) in [5.74, 6) is -3.90. The number of hydrogen-bond acceptors (Lipinski definition) is 7. The number of carbonyl (C=O) groups excluding carboxylic acids is 3. The highest BCUT2D eigenvalue weighted by Crippen LogP contribution is 2.10. The summed E-state index contributed by atoms with van der Waals surface area (Å²) in [5.41, 5.74) is 5.81. The number of carbonyl (C=O) groups is 4. The summed E-state index contributed by atoms with van der Waals surface area (Å²) < 4.78 is 0. The van der Waals surface area contributed by atoms with E-state index in [1.54, 1.807) is 20.8 Å². The molecule has 0 aliphatic heterocycles. The lowest BCUT2D eigenvalue weighted by Gasteiger charge is -2.27. The summed E-state index contributed by atoms with van der Waals surface area (Å²) in [6.45, 7) is 6.38. The molecule has 10 nitrogen and oxygen atoms in total. The maximum atomic E-state index is 12.6. The highest BCUT2D eigenvalue weighted by molar-refractivity contribution is 7.80. The Morgan fingerprint density at radius 3 is 1.89 bits per heavy atom. The Kier molecular flexibility index (Phi) is 11.7. The first-order chi connectivity index (χ1) is 13.0. The highest BCUT2D eigenvalue weighted by Gasteiger charge is 2.32. The fourth-order valence-corrected chi connectivity index (χ4v) is 2.42. The number of amides is 3. The molecule has 7 N–H and O–H groups in total. The number of aliphatic carboxylic acids is 1. The zero-order valence-corrected chi connectivity index (χ0v) is 17.5. The Morgan fingerprint density at radius 2 is 1.50 bits per heavy atom. The summed E-state index contributed by atoms with van der Waals surface area (Å²) in [7, 11) is 0. The number of hydrogen-bond donors (Lipinski definition) is 7. The second-order valence-electron chi connectivity index (χ2n) is 6.97. The normalized spacial score (nSPS) is 16.4. The molecule has 162 valence electrons. The number of carboxylic acids is 1. The van der Waals surface area contributed by atoms with E-state index in [0.29, 0.717) is 6.42 Å². The Bertz CT molecular complexity index is 560. The van der Waals surface area contributed by atoms with Crippen molar-refractivity contribution in [2.45, 2.75) is 58.3 Å². The Morgan fingerprint density at radius 1 is 0.964 bits per heavy atom. The molecular formula is C17H32N4O6S. The van der Waals surface area contributed by atoms with Crippen molar-refractivity contribution in [1.29, 1.82) is 0 Å². The van der Waals surface area contributed by atoms with Crippen LogP contribution in [0.4, 0.5) is 0 Å². The van der Waals surface area contributed by atoms with Crippen LogP contribution < -0.4 is 21.7 Å². The van der Waals surface area contributed by atoms with E-state index in [1.807, 2.05) is 6.92 Å². The van der Waals surface area contributed by atoms with Gasteiger partial charge in [0.2, 0.25) is 17.7 Å². The smallest absolute Gasteiger partial charge is 0.327 e. The van der Waals surface area contributed by atoms with Crippen molar-refractivity contribution < 1.29 is 29.4 Å². The van der Waals surface area contributed by atoms with Crippen molar-refractivity contribution in [3.05, 3.63) is 0 Å². The molecule has 0 spiro atoms. The number of aliphatic hydroxyl groups is 1. The van der Waals surface area contributed by atoms with E-state index in [9.17, 15) is 24.3 Å². The number of thiol groups is 1. The number of rotatable bonds is 12. The highest BCUT2D eigenvalue weighted by atomic mass is 32.1. The number of nitrogens with two attached hydrogens (primary N) is 1. The van der Waals surface area contributed by atoms with Crippen molar-refractivity contribution in [3.8, 4) is 0 Å². The summed E-state index contributed by atoms with van der Waals surface area (Å²) in [6.07, 6.45) is 0.562. The van der Waals surface area contributed by atoms with Crippen LogP contribution in [0, 0.1) is 11.8 Å². The fourth-order valence-electron chi connectivity index (χ4n) is 2.17. The molecule has 5 atom stereocenters. The minimum absolute atomic E-state index is 0.134. The summed E-state index contributed by atoms with van der Waals surface area (Å²) in [4.78, 5) is 48.1. The molecule has 0 saturated heterocycles. The Hall–Kier alpha value is -1.85. The van der Waals surface area contributed by atoms with Gasteiger partial charge in [0, 0.05) is 5.75 Å². The van der Waals surface area contributed by atoms with Gasteiger partial charge in [-0.2, -0.15) is 12.6 Å². The van der Waals surface area contributed by atoms with Gasteiger partial charge in [0.1, 0.15) is 18.1 Å². The van der Waals surface area contributed by atoms with Gasteiger partial charge >= 0.3 is 5.97 Å². The molecule has 0 rings (SSSR count). The van der Waals surface area contributed by atoms with Gasteiger partial charge < -0.3 is 31.9 Å². The molecule has 0 bridgehead atoms. The summed E-state index contributed by atoms with van der Waals surface area (Å²) in [5, 5.41) is 25.5. The summed E-state index contributed by atoms with van der Waals surface area (Å²) in [6, 6.07) is -4.42. The minimum Gasteiger partial charge on any atom is -0.480 e.